The van der Waals surface area contributed by atoms with Gasteiger partial charge >= 0.3 is 0 Å². The summed E-state index contributed by atoms with van der Waals surface area (Å²) >= 11 is 0. The van der Waals surface area contributed by atoms with Gasteiger partial charge in [-0.25, -0.2) is 4.98 Å². The Balaban J connectivity index is 2.47. The van der Waals surface area contributed by atoms with Crippen LogP contribution in [0.5, 0.6) is 0 Å². The largest absolute Gasteiger partial charge is 0.399 e. The van der Waals surface area contributed by atoms with Crippen LogP contribution in [0.1, 0.15) is 50.7 Å². The number of imidazole rings is 1. The Labute approximate surface area is 115 Å². The highest BCUT2D eigenvalue weighted by Gasteiger charge is 2.27. The average Bonchev–Trinajstić information content (AvgIpc) is 2.72. The van der Waals surface area contributed by atoms with Gasteiger partial charge in [0, 0.05) is 30.3 Å². The summed E-state index contributed by atoms with van der Waals surface area (Å²) in [6.45, 7) is 8.71. The Morgan fingerprint density at radius 1 is 1.26 bits per heavy atom. The summed E-state index contributed by atoms with van der Waals surface area (Å²) in [4.78, 5) is 4.81. The molecule has 0 radical (unpaired) electrons. The number of aromatic nitrogens is 2. The average molecular weight is 257 g/mol. The minimum absolute atomic E-state index is 0.139. The van der Waals surface area contributed by atoms with Crippen molar-refractivity contribution in [2.75, 3.05) is 5.73 Å². The highest BCUT2D eigenvalue weighted by molar-refractivity contribution is 5.45. The Bertz CT molecular complexity index is 579. The molecule has 3 heteroatoms. The van der Waals surface area contributed by atoms with Crippen molar-refractivity contribution >= 4 is 5.69 Å². The van der Waals surface area contributed by atoms with Crippen molar-refractivity contribution in [1.82, 2.24) is 9.55 Å². The van der Waals surface area contributed by atoms with Crippen molar-refractivity contribution in [1.29, 1.82) is 0 Å². The molecule has 0 unspecified atom stereocenters. The number of hydrogen-bond acceptors (Lipinski definition) is 2. The topological polar surface area (TPSA) is 43.8 Å². The number of nitrogens with zero attached hydrogens (tertiary/aromatic N) is 2. The van der Waals surface area contributed by atoms with E-state index in [1.54, 1.807) is 0 Å². The van der Waals surface area contributed by atoms with E-state index in [4.69, 9.17) is 10.7 Å². The van der Waals surface area contributed by atoms with Gasteiger partial charge in [0.15, 0.2) is 0 Å². The molecule has 0 saturated heterocycles. The molecule has 2 aromatic rings. The van der Waals surface area contributed by atoms with Gasteiger partial charge in [0.2, 0.25) is 0 Å². The number of benzene rings is 1. The predicted molar refractivity (Wildman–Crippen MR) is 80.3 cm³/mol. The van der Waals surface area contributed by atoms with Gasteiger partial charge in [0.25, 0.3) is 0 Å². The smallest absolute Gasteiger partial charge is 0.111 e. The molecule has 102 valence electrons. The molecular weight excluding hydrogens is 234 g/mol. The molecule has 0 bridgehead atoms. The molecule has 0 atom stereocenters. The number of hydrogen-bond donors (Lipinski definition) is 1. The zero-order valence-electron chi connectivity index (χ0n) is 12.4. The van der Waals surface area contributed by atoms with E-state index < -0.39 is 0 Å². The molecule has 1 heterocycles. The maximum absolute atomic E-state index is 5.89. The van der Waals surface area contributed by atoms with E-state index in [2.05, 4.69) is 51.6 Å². The molecule has 1 aromatic heterocycles. The van der Waals surface area contributed by atoms with Gasteiger partial charge in [-0.05, 0) is 17.7 Å². The first kappa shape index (κ1) is 13.7. The van der Waals surface area contributed by atoms with Gasteiger partial charge in [0.05, 0.1) is 5.69 Å². The van der Waals surface area contributed by atoms with Crippen molar-refractivity contribution in [3.8, 4) is 0 Å². The molecule has 0 amide bonds. The molecule has 2 N–H and O–H groups in total. The Hall–Kier alpha value is -1.77. The standard InChI is InChI=1S/C16H23N3/c1-11(2)15-18-14(10-19(15)5)16(3,4)12-7-6-8-13(17)9-12/h6-11H,17H2,1-5H3. The number of anilines is 1. The van der Waals surface area contributed by atoms with E-state index in [1.165, 1.54) is 5.56 Å². The summed E-state index contributed by atoms with van der Waals surface area (Å²) in [5, 5.41) is 0. The zero-order chi connectivity index (χ0) is 14.2. The van der Waals surface area contributed by atoms with Crippen LogP contribution in [0, 0.1) is 0 Å². The van der Waals surface area contributed by atoms with E-state index in [1.807, 2.05) is 18.2 Å². The Kier molecular flexibility index (Phi) is 3.40. The van der Waals surface area contributed by atoms with E-state index in [0.717, 1.165) is 17.2 Å². The molecule has 0 fully saturated rings. The van der Waals surface area contributed by atoms with E-state index in [9.17, 15) is 0 Å². The minimum Gasteiger partial charge on any atom is -0.399 e. The van der Waals surface area contributed by atoms with Crippen LogP contribution in [0.3, 0.4) is 0 Å². The van der Waals surface area contributed by atoms with Gasteiger partial charge < -0.3 is 10.3 Å². The normalized spacial score (nSPS) is 12.1. The van der Waals surface area contributed by atoms with Crippen LogP contribution in [0.2, 0.25) is 0 Å². The second-order valence-electron chi connectivity index (χ2n) is 6.00. The third-order valence-electron chi connectivity index (χ3n) is 3.68. The minimum atomic E-state index is -0.139. The number of rotatable bonds is 3. The van der Waals surface area contributed by atoms with Crippen LogP contribution in [0.25, 0.3) is 0 Å². The van der Waals surface area contributed by atoms with Gasteiger partial charge in [0.1, 0.15) is 5.82 Å². The number of nitrogen functional groups attached to an aromatic ring is 1. The second-order valence-corrected chi connectivity index (χ2v) is 6.00. The van der Waals surface area contributed by atoms with Crippen molar-refractivity contribution in [3.05, 3.63) is 47.5 Å². The first-order chi connectivity index (χ1) is 8.82. The maximum atomic E-state index is 5.89. The van der Waals surface area contributed by atoms with Gasteiger partial charge in [-0.15, -0.1) is 0 Å². The molecule has 0 saturated carbocycles. The van der Waals surface area contributed by atoms with E-state index in [-0.39, 0.29) is 5.41 Å². The number of aryl methyl sites for hydroxylation is 1. The maximum Gasteiger partial charge on any atom is 0.111 e. The van der Waals surface area contributed by atoms with Crippen LogP contribution in [0.4, 0.5) is 5.69 Å². The molecule has 0 aliphatic heterocycles. The van der Waals surface area contributed by atoms with Gasteiger partial charge in [-0.1, -0.05) is 39.8 Å². The lowest BCUT2D eigenvalue weighted by molar-refractivity contribution is 0.616. The van der Waals surface area contributed by atoms with Crippen LogP contribution >= 0.6 is 0 Å². The molecule has 2 rings (SSSR count). The molecule has 0 aliphatic carbocycles. The van der Waals surface area contributed by atoms with Crippen LogP contribution < -0.4 is 5.73 Å². The molecule has 0 spiro atoms. The lowest BCUT2D eigenvalue weighted by atomic mass is 9.82. The van der Waals surface area contributed by atoms with Crippen molar-refractivity contribution in [2.45, 2.75) is 39.0 Å². The highest BCUT2D eigenvalue weighted by atomic mass is 15.1. The monoisotopic (exact) mass is 257 g/mol. The van der Waals surface area contributed by atoms with Gasteiger partial charge in [-0.3, -0.25) is 0 Å². The fourth-order valence-electron chi connectivity index (χ4n) is 2.39. The summed E-state index contributed by atoms with van der Waals surface area (Å²) in [5.41, 5.74) is 8.83. The van der Waals surface area contributed by atoms with Crippen molar-refractivity contribution in [2.24, 2.45) is 7.05 Å². The first-order valence-corrected chi connectivity index (χ1v) is 6.72. The molecule has 3 nitrogen and oxygen atoms in total. The summed E-state index contributed by atoms with van der Waals surface area (Å²) in [6, 6.07) is 8.06. The quantitative estimate of drug-likeness (QED) is 0.856. The second kappa shape index (κ2) is 4.72. The lowest BCUT2D eigenvalue weighted by Gasteiger charge is -2.23. The van der Waals surface area contributed by atoms with Crippen LogP contribution in [0.15, 0.2) is 30.5 Å². The molecule has 19 heavy (non-hydrogen) atoms. The van der Waals surface area contributed by atoms with Crippen LogP contribution in [-0.2, 0) is 12.5 Å². The highest BCUT2D eigenvalue weighted by Crippen LogP contribution is 2.32. The summed E-state index contributed by atoms with van der Waals surface area (Å²) in [7, 11) is 2.06. The Morgan fingerprint density at radius 2 is 1.95 bits per heavy atom. The molecular formula is C16H23N3. The molecule has 0 aliphatic rings. The molecule has 1 aromatic carbocycles. The van der Waals surface area contributed by atoms with Crippen molar-refractivity contribution in [3.63, 3.8) is 0 Å². The zero-order valence-corrected chi connectivity index (χ0v) is 12.4. The summed E-state index contributed by atoms with van der Waals surface area (Å²) in [5.74, 6) is 1.54. The first-order valence-electron chi connectivity index (χ1n) is 6.72. The fraction of sp³-hybridized carbons (Fsp3) is 0.438. The summed E-state index contributed by atoms with van der Waals surface area (Å²) < 4.78 is 2.12. The van der Waals surface area contributed by atoms with Gasteiger partial charge in [-0.2, -0.15) is 0 Å². The third kappa shape index (κ3) is 2.50. The van der Waals surface area contributed by atoms with Crippen molar-refractivity contribution < 1.29 is 0 Å². The summed E-state index contributed by atoms with van der Waals surface area (Å²) in [6.07, 6.45) is 2.12. The predicted octanol–water partition coefficient (Wildman–Crippen LogP) is 3.45. The lowest BCUT2D eigenvalue weighted by Crippen LogP contribution is -2.19. The van der Waals surface area contributed by atoms with E-state index >= 15 is 0 Å². The van der Waals surface area contributed by atoms with Crippen LogP contribution in [-0.4, -0.2) is 9.55 Å². The third-order valence-corrected chi connectivity index (χ3v) is 3.68. The Morgan fingerprint density at radius 3 is 2.47 bits per heavy atom. The SMILES string of the molecule is CC(C)c1nc(C(C)(C)c2cccc(N)c2)cn1C. The number of nitrogens with two attached hydrogens (primary N) is 1. The fourth-order valence-corrected chi connectivity index (χ4v) is 2.39. The van der Waals surface area contributed by atoms with E-state index in [0.29, 0.717) is 5.92 Å².